The van der Waals surface area contributed by atoms with E-state index in [1.807, 2.05) is 0 Å². The molecule has 6 nitrogen and oxygen atoms in total. The van der Waals surface area contributed by atoms with Gasteiger partial charge in [0, 0.05) is 35.8 Å². The maximum absolute atomic E-state index is 11.6. The highest BCUT2D eigenvalue weighted by atomic mass is 35.5. The average Bonchev–Trinajstić information content (AvgIpc) is 2.28. The van der Waals surface area contributed by atoms with Crippen LogP contribution in [0.25, 0.3) is 0 Å². The van der Waals surface area contributed by atoms with Crippen LogP contribution in [0.4, 0.5) is 5.69 Å². The fourth-order valence-corrected chi connectivity index (χ4v) is 1.44. The van der Waals surface area contributed by atoms with Crippen molar-refractivity contribution < 1.29 is 9.72 Å². The molecule has 1 aromatic carbocycles. The quantitative estimate of drug-likeness (QED) is 0.491. The number of amides is 1. The second kappa shape index (κ2) is 7.86. The first-order valence-corrected chi connectivity index (χ1v) is 5.30. The van der Waals surface area contributed by atoms with E-state index < -0.39 is 4.92 Å². The summed E-state index contributed by atoms with van der Waals surface area (Å²) in [5.74, 6) is -0.383. The summed E-state index contributed by atoms with van der Waals surface area (Å²) in [5.41, 5.74) is -0.0171. The lowest BCUT2D eigenvalue weighted by molar-refractivity contribution is -0.384. The van der Waals surface area contributed by atoms with Crippen LogP contribution in [0.2, 0.25) is 5.02 Å². The van der Waals surface area contributed by atoms with Gasteiger partial charge in [0.15, 0.2) is 0 Å². The lowest BCUT2D eigenvalue weighted by atomic mass is 10.2. The van der Waals surface area contributed by atoms with Crippen LogP contribution in [0.5, 0.6) is 0 Å². The Morgan fingerprint density at radius 1 is 1.39 bits per heavy atom. The first kappa shape index (κ1) is 16.6. The monoisotopic (exact) mass is 293 g/mol. The molecule has 100 valence electrons. The molecule has 0 saturated carbocycles. The Bertz CT molecular complexity index is 440. The summed E-state index contributed by atoms with van der Waals surface area (Å²) < 4.78 is 0. The molecule has 0 aliphatic heterocycles. The number of nitrogens with zero attached hydrogens (tertiary/aromatic N) is 1. The molecule has 0 aliphatic carbocycles. The van der Waals surface area contributed by atoms with Gasteiger partial charge in [-0.2, -0.15) is 0 Å². The van der Waals surface area contributed by atoms with Crippen LogP contribution in [0, 0.1) is 10.1 Å². The molecular weight excluding hydrogens is 281 g/mol. The summed E-state index contributed by atoms with van der Waals surface area (Å²) >= 11 is 5.70. The Morgan fingerprint density at radius 3 is 2.61 bits per heavy atom. The second-order valence-corrected chi connectivity index (χ2v) is 3.75. The Kier molecular flexibility index (Phi) is 7.26. The summed E-state index contributed by atoms with van der Waals surface area (Å²) in [6, 6.07) is 3.79. The number of benzene rings is 1. The van der Waals surface area contributed by atoms with Gasteiger partial charge in [0.1, 0.15) is 0 Å². The fraction of sp³-hybridized carbons (Fsp3) is 0.300. The SMILES string of the molecule is CNCCNC(=O)c1cc(Cl)cc([N+](=O)[O-])c1.Cl. The number of carbonyl (C=O) groups is 1. The number of hydrogen-bond donors (Lipinski definition) is 2. The van der Waals surface area contributed by atoms with Gasteiger partial charge in [-0.15, -0.1) is 12.4 Å². The van der Waals surface area contributed by atoms with Gasteiger partial charge < -0.3 is 10.6 Å². The third-order valence-corrected chi connectivity index (χ3v) is 2.23. The van der Waals surface area contributed by atoms with Crippen LogP contribution in [0.3, 0.4) is 0 Å². The predicted molar refractivity (Wildman–Crippen MR) is 71.6 cm³/mol. The van der Waals surface area contributed by atoms with Crippen molar-refractivity contribution in [3.05, 3.63) is 38.9 Å². The minimum absolute atomic E-state index is 0. The molecule has 8 heteroatoms. The van der Waals surface area contributed by atoms with E-state index in [0.717, 1.165) is 0 Å². The molecule has 0 spiro atoms. The van der Waals surface area contributed by atoms with Gasteiger partial charge in [-0.3, -0.25) is 14.9 Å². The predicted octanol–water partition coefficient (Wildman–Crippen LogP) is 1.62. The van der Waals surface area contributed by atoms with Crippen LogP contribution in [0.15, 0.2) is 18.2 Å². The number of hydrogen-bond acceptors (Lipinski definition) is 4. The van der Waals surface area contributed by atoms with E-state index in [-0.39, 0.29) is 34.6 Å². The van der Waals surface area contributed by atoms with Crippen LogP contribution in [0.1, 0.15) is 10.4 Å². The number of nitro groups is 1. The topological polar surface area (TPSA) is 84.3 Å². The molecule has 18 heavy (non-hydrogen) atoms. The summed E-state index contributed by atoms with van der Waals surface area (Å²) in [7, 11) is 1.76. The molecule has 0 atom stereocenters. The van der Waals surface area contributed by atoms with Crippen LogP contribution >= 0.6 is 24.0 Å². The maximum Gasteiger partial charge on any atom is 0.271 e. The molecule has 2 N–H and O–H groups in total. The van der Waals surface area contributed by atoms with Gasteiger partial charge in [-0.1, -0.05) is 11.6 Å². The fourth-order valence-electron chi connectivity index (χ4n) is 1.21. The number of rotatable bonds is 5. The highest BCUT2D eigenvalue weighted by Gasteiger charge is 2.13. The lowest BCUT2D eigenvalue weighted by Crippen LogP contribution is -2.30. The lowest BCUT2D eigenvalue weighted by Gasteiger charge is -2.05. The molecule has 1 aromatic rings. The van der Waals surface area contributed by atoms with E-state index in [2.05, 4.69) is 10.6 Å². The molecule has 0 aliphatic rings. The average molecular weight is 294 g/mol. The molecular formula is C10H13Cl2N3O3. The van der Waals surface area contributed by atoms with Gasteiger partial charge in [-0.25, -0.2) is 0 Å². The molecule has 0 aromatic heterocycles. The van der Waals surface area contributed by atoms with Gasteiger partial charge in [0.05, 0.1) is 4.92 Å². The number of nitrogens with one attached hydrogen (secondary N) is 2. The molecule has 0 fully saturated rings. The van der Waals surface area contributed by atoms with Gasteiger partial charge in [0.2, 0.25) is 0 Å². The Labute approximate surface area is 115 Å². The van der Waals surface area contributed by atoms with Crippen molar-refractivity contribution in [2.45, 2.75) is 0 Å². The normalized spacial score (nSPS) is 9.44. The van der Waals surface area contributed by atoms with Crippen LogP contribution < -0.4 is 10.6 Å². The highest BCUT2D eigenvalue weighted by Crippen LogP contribution is 2.20. The van der Waals surface area contributed by atoms with Crippen LogP contribution in [-0.4, -0.2) is 31.0 Å². The van der Waals surface area contributed by atoms with E-state index in [9.17, 15) is 14.9 Å². The highest BCUT2D eigenvalue weighted by molar-refractivity contribution is 6.31. The van der Waals surface area contributed by atoms with Crippen molar-refractivity contribution in [1.29, 1.82) is 0 Å². The zero-order chi connectivity index (χ0) is 12.8. The third-order valence-electron chi connectivity index (χ3n) is 2.02. The number of carbonyl (C=O) groups excluding carboxylic acids is 1. The molecule has 0 bridgehead atoms. The molecule has 0 saturated heterocycles. The van der Waals surface area contributed by atoms with Gasteiger partial charge in [0.25, 0.3) is 11.6 Å². The summed E-state index contributed by atoms with van der Waals surface area (Å²) in [5, 5.41) is 16.2. The first-order chi connectivity index (χ1) is 8.04. The molecule has 1 rings (SSSR count). The van der Waals surface area contributed by atoms with Crippen molar-refractivity contribution >= 4 is 35.6 Å². The standard InChI is InChI=1S/C10H12ClN3O3.ClH/c1-12-2-3-13-10(15)7-4-8(11)6-9(5-7)14(16)17;/h4-6,12H,2-3H2,1H3,(H,13,15);1H. The number of halogens is 2. The zero-order valence-electron chi connectivity index (χ0n) is 9.60. The summed E-state index contributed by atoms with van der Waals surface area (Å²) in [6.45, 7) is 1.06. The molecule has 0 heterocycles. The molecule has 0 radical (unpaired) electrons. The Hall–Kier alpha value is -1.37. The van der Waals surface area contributed by atoms with Crippen LogP contribution in [-0.2, 0) is 0 Å². The smallest absolute Gasteiger partial charge is 0.271 e. The van der Waals surface area contributed by atoms with Crippen molar-refractivity contribution in [2.24, 2.45) is 0 Å². The van der Waals surface area contributed by atoms with E-state index in [1.54, 1.807) is 7.05 Å². The number of non-ortho nitro benzene ring substituents is 1. The van der Waals surface area contributed by atoms with Gasteiger partial charge in [-0.05, 0) is 13.1 Å². The maximum atomic E-state index is 11.6. The first-order valence-electron chi connectivity index (χ1n) is 4.92. The largest absolute Gasteiger partial charge is 0.351 e. The van der Waals surface area contributed by atoms with E-state index >= 15 is 0 Å². The second-order valence-electron chi connectivity index (χ2n) is 3.31. The molecule has 1 amide bonds. The van der Waals surface area contributed by atoms with Gasteiger partial charge >= 0.3 is 0 Å². The Morgan fingerprint density at radius 2 is 2.06 bits per heavy atom. The third kappa shape index (κ3) is 4.87. The van der Waals surface area contributed by atoms with E-state index in [1.165, 1.54) is 18.2 Å². The summed E-state index contributed by atoms with van der Waals surface area (Å²) in [6.07, 6.45) is 0. The number of likely N-dealkylation sites (N-methyl/N-ethyl adjacent to an activating group) is 1. The van der Waals surface area contributed by atoms with E-state index in [4.69, 9.17) is 11.6 Å². The van der Waals surface area contributed by atoms with Crippen molar-refractivity contribution in [3.8, 4) is 0 Å². The van der Waals surface area contributed by atoms with E-state index in [0.29, 0.717) is 13.1 Å². The zero-order valence-corrected chi connectivity index (χ0v) is 11.2. The minimum atomic E-state index is -0.587. The Balaban J connectivity index is 0.00000289. The number of nitro benzene ring substituents is 1. The van der Waals surface area contributed by atoms with Crippen molar-refractivity contribution in [1.82, 2.24) is 10.6 Å². The molecule has 0 unspecified atom stereocenters. The van der Waals surface area contributed by atoms with Crippen molar-refractivity contribution in [2.75, 3.05) is 20.1 Å². The minimum Gasteiger partial charge on any atom is -0.351 e. The summed E-state index contributed by atoms with van der Waals surface area (Å²) in [4.78, 5) is 21.6. The van der Waals surface area contributed by atoms with Crippen molar-refractivity contribution in [3.63, 3.8) is 0 Å².